The first kappa shape index (κ1) is 11.0. The molecule has 1 saturated heterocycles. The Labute approximate surface area is 93.6 Å². The fraction of sp³-hybridized carbons (Fsp3) is 0.778. The van der Waals surface area contributed by atoms with Gasteiger partial charge in [-0.1, -0.05) is 6.42 Å². The Hall–Kier alpha value is -1.50. The number of H-pyrrole nitrogens is 1. The largest absolute Gasteiger partial charge is 0.307 e. The molecule has 1 aliphatic heterocycles. The molecule has 0 spiro atoms. The van der Waals surface area contributed by atoms with E-state index in [4.69, 9.17) is 0 Å². The summed E-state index contributed by atoms with van der Waals surface area (Å²) in [6, 6.07) is 0.694. The van der Waals surface area contributed by atoms with Gasteiger partial charge in [-0.15, -0.1) is 10.2 Å². The van der Waals surface area contributed by atoms with E-state index in [9.17, 15) is 4.79 Å². The Morgan fingerprint density at radius 3 is 2.69 bits per heavy atom. The molecular formula is C9H16N6O. The normalized spacial score (nSPS) is 26.6. The highest BCUT2D eigenvalue weighted by Crippen LogP contribution is 2.20. The molecule has 7 heteroatoms. The molecule has 0 aromatic carbocycles. The second-order valence-electron chi connectivity index (χ2n) is 4.21. The zero-order chi connectivity index (χ0) is 11.5. The average Bonchev–Trinajstić information content (AvgIpc) is 2.76. The summed E-state index contributed by atoms with van der Waals surface area (Å²) >= 11 is 0. The van der Waals surface area contributed by atoms with Gasteiger partial charge in [-0.2, -0.15) is 5.21 Å². The third-order valence-corrected chi connectivity index (χ3v) is 2.97. The predicted molar refractivity (Wildman–Crippen MR) is 56.3 cm³/mol. The van der Waals surface area contributed by atoms with E-state index in [2.05, 4.69) is 39.9 Å². The second kappa shape index (κ2) is 4.56. The molecule has 0 saturated carbocycles. The van der Waals surface area contributed by atoms with E-state index < -0.39 is 0 Å². The number of aromatic nitrogens is 4. The van der Waals surface area contributed by atoms with Crippen LogP contribution in [0.5, 0.6) is 0 Å². The van der Waals surface area contributed by atoms with Crippen molar-refractivity contribution in [3.05, 3.63) is 5.82 Å². The fourth-order valence-corrected chi connectivity index (χ4v) is 2.07. The maximum atomic E-state index is 11.7. The van der Waals surface area contributed by atoms with Crippen molar-refractivity contribution in [2.24, 2.45) is 0 Å². The number of nitrogens with zero attached hydrogens (tertiary/aromatic N) is 4. The molecule has 1 amide bonds. The lowest BCUT2D eigenvalue weighted by molar-refractivity contribution is 0.0362. The third-order valence-electron chi connectivity index (χ3n) is 2.97. The van der Waals surface area contributed by atoms with Crippen LogP contribution < -0.4 is 5.43 Å². The summed E-state index contributed by atoms with van der Waals surface area (Å²) in [5.74, 6) is -0.237. The topological polar surface area (TPSA) is 86.8 Å². The average molecular weight is 224 g/mol. The van der Waals surface area contributed by atoms with E-state index in [1.807, 2.05) is 5.01 Å². The van der Waals surface area contributed by atoms with Gasteiger partial charge in [0.05, 0.1) is 0 Å². The minimum atomic E-state index is -0.311. The number of carbonyl (C=O) groups excluding carboxylic acids is 1. The summed E-state index contributed by atoms with van der Waals surface area (Å²) in [6.45, 7) is 4.21. The Bertz CT molecular complexity index is 341. The van der Waals surface area contributed by atoms with Crippen molar-refractivity contribution in [3.63, 3.8) is 0 Å². The summed E-state index contributed by atoms with van der Waals surface area (Å²) in [6.07, 6.45) is 3.39. The van der Waals surface area contributed by atoms with Crippen LogP contribution in [-0.4, -0.2) is 43.6 Å². The number of rotatable bonds is 2. The van der Waals surface area contributed by atoms with E-state index in [0.29, 0.717) is 12.1 Å². The van der Waals surface area contributed by atoms with Crippen molar-refractivity contribution >= 4 is 5.91 Å². The maximum Gasteiger partial charge on any atom is 0.307 e. The van der Waals surface area contributed by atoms with Crippen LogP contribution in [0.1, 0.15) is 43.7 Å². The van der Waals surface area contributed by atoms with Crippen LogP contribution in [0, 0.1) is 0 Å². The molecule has 1 fully saturated rings. The van der Waals surface area contributed by atoms with Gasteiger partial charge in [-0.3, -0.25) is 10.2 Å². The zero-order valence-electron chi connectivity index (χ0n) is 9.47. The minimum absolute atomic E-state index is 0.0740. The van der Waals surface area contributed by atoms with Crippen molar-refractivity contribution < 1.29 is 4.79 Å². The molecule has 2 heterocycles. The molecule has 0 radical (unpaired) electrons. The van der Waals surface area contributed by atoms with Crippen molar-refractivity contribution in [1.82, 2.24) is 31.1 Å². The van der Waals surface area contributed by atoms with Crippen molar-refractivity contribution in [3.8, 4) is 0 Å². The van der Waals surface area contributed by atoms with Crippen LogP contribution in [0.2, 0.25) is 0 Å². The lowest BCUT2D eigenvalue weighted by Crippen LogP contribution is -2.54. The quantitative estimate of drug-likeness (QED) is 0.744. The zero-order valence-corrected chi connectivity index (χ0v) is 9.47. The molecule has 2 atom stereocenters. The van der Waals surface area contributed by atoms with Gasteiger partial charge in [0.1, 0.15) is 0 Å². The van der Waals surface area contributed by atoms with Gasteiger partial charge in [0, 0.05) is 12.1 Å². The maximum absolute atomic E-state index is 11.7. The summed E-state index contributed by atoms with van der Waals surface area (Å²) in [5, 5.41) is 14.9. The lowest BCUT2D eigenvalue weighted by Gasteiger charge is -2.38. The van der Waals surface area contributed by atoms with Crippen LogP contribution in [0.25, 0.3) is 0 Å². The van der Waals surface area contributed by atoms with E-state index in [1.54, 1.807) is 0 Å². The van der Waals surface area contributed by atoms with E-state index in [0.717, 1.165) is 12.8 Å². The monoisotopic (exact) mass is 224 g/mol. The first-order valence-electron chi connectivity index (χ1n) is 5.51. The molecule has 88 valence electrons. The molecule has 2 rings (SSSR count). The number of piperidine rings is 1. The molecule has 16 heavy (non-hydrogen) atoms. The van der Waals surface area contributed by atoms with Gasteiger partial charge in [0.2, 0.25) is 0 Å². The summed E-state index contributed by atoms with van der Waals surface area (Å²) in [7, 11) is 0. The molecule has 1 aliphatic rings. The van der Waals surface area contributed by atoms with Crippen LogP contribution >= 0.6 is 0 Å². The van der Waals surface area contributed by atoms with E-state index >= 15 is 0 Å². The lowest BCUT2D eigenvalue weighted by atomic mass is 10.00. The number of tetrazole rings is 1. The van der Waals surface area contributed by atoms with Gasteiger partial charge < -0.3 is 0 Å². The van der Waals surface area contributed by atoms with Crippen LogP contribution in [0.3, 0.4) is 0 Å². The fourth-order valence-electron chi connectivity index (χ4n) is 2.07. The SMILES string of the molecule is CC1CCCC(C)N1NC(=O)c1nn[nH]n1. The van der Waals surface area contributed by atoms with Crippen molar-refractivity contribution in [2.45, 2.75) is 45.2 Å². The van der Waals surface area contributed by atoms with Gasteiger partial charge in [0.15, 0.2) is 0 Å². The molecule has 0 bridgehead atoms. The summed E-state index contributed by atoms with van der Waals surface area (Å²) in [5.41, 5.74) is 2.83. The first-order valence-corrected chi connectivity index (χ1v) is 5.51. The molecule has 2 unspecified atom stereocenters. The number of nitrogens with one attached hydrogen (secondary N) is 2. The number of hydrazine groups is 1. The number of hydrogen-bond acceptors (Lipinski definition) is 5. The molecule has 0 aliphatic carbocycles. The van der Waals surface area contributed by atoms with E-state index in [1.165, 1.54) is 6.42 Å². The number of carbonyl (C=O) groups is 1. The van der Waals surface area contributed by atoms with Crippen molar-refractivity contribution in [1.29, 1.82) is 0 Å². The van der Waals surface area contributed by atoms with Gasteiger partial charge in [-0.25, -0.2) is 5.01 Å². The van der Waals surface area contributed by atoms with Crippen LogP contribution in [0.4, 0.5) is 0 Å². The minimum Gasteiger partial charge on any atom is -0.281 e. The van der Waals surface area contributed by atoms with Gasteiger partial charge in [-0.05, 0) is 31.9 Å². The number of aromatic amines is 1. The third kappa shape index (κ3) is 2.19. The highest BCUT2D eigenvalue weighted by Gasteiger charge is 2.27. The highest BCUT2D eigenvalue weighted by molar-refractivity contribution is 5.89. The predicted octanol–water partition coefficient (Wildman–Crippen LogP) is 0.107. The standard InChI is InChI=1S/C9H16N6O/c1-6-4-3-5-7(2)15(6)12-9(16)8-10-13-14-11-8/h6-7H,3-5H2,1-2H3,(H,12,16)(H,10,11,13,14). The Morgan fingerprint density at radius 1 is 1.44 bits per heavy atom. The van der Waals surface area contributed by atoms with Gasteiger partial charge in [0.25, 0.3) is 5.82 Å². The van der Waals surface area contributed by atoms with Crippen molar-refractivity contribution in [2.75, 3.05) is 0 Å². The Kier molecular flexibility index (Phi) is 3.14. The van der Waals surface area contributed by atoms with Crippen LogP contribution in [0.15, 0.2) is 0 Å². The number of amides is 1. The molecule has 1 aromatic rings. The second-order valence-corrected chi connectivity index (χ2v) is 4.21. The van der Waals surface area contributed by atoms with E-state index in [-0.39, 0.29) is 11.7 Å². The Balaban J connectivity index is 2.00. The molecule has 1 aromatic heterocycles. The molecule has 7 nitrogen and oxygen atoms in total. The molecular weight excluding hydrogens is 208 g/mol. The summed E-state index contributed by atoms with van der Waals surface area (Å²) < 4.78 is 0. The summed E-state index contributed by atoms with van der Waals surface area (Å²) in [4.78, 5) is 11.7. The van der Waals surface area contributed by atoms with Gasteiger partial charge >= 0.3 is 5.91 Å². The molecule has 2 N–H and O–H groups in total. The highest BCUT2D eigenvalue weighted by atomic mass is 16.2. The van der Waals surface area contributed by atoms with Crippen LogP contribution in [-0.2, 0) is 0 Å². The Morgan fingerprint density at radius 2 is 2.12 bits per heavy atom. The smallest absolute Gasteiger partial charge is 0.281 e. The number of hydrogen-bond donors (Lipinski definition) is 2. The first-order chi connectivity index (χ1) is 7.68.